The third-order valence-electron chi connectivity index (χ3n) is 7.43. The highest BCUT2D eigenvalue weighted by molar-refractivity contribution is 5.95. The van der Waals surface area contributed by atoms with Gasteiger partial charge in [-0.2, -0.15) is 5.06 Å². The lowest BCUT2D eigenvalue weighted by molar-refractivity contribution is -0.201. The molecule has 0 spiro atoms. The first-order chi connectivity index (χ1) is 17.9. The Bertz CT molecular complexity index is 1200. The van der Waals surface area contributed by atoms with Crippen molar-refractivity contribution in [2.24, 2.45) is 0 Å². The van der Waals surface area contributed by atoms with E-state index in [1.807, 2.05) is 92.7 Å². The number of amides is 2. The summed E-state index contributed by atoms with van der Waals surface area (Å²) in [6, 6.07) is 25.6. The summed E-state index contributed by atoms with van der Waals surface area (Å²) < 4.78 is 11.7. The van der Waals surface area contributed by atoms with Crippen LogP contribution in [0.25, 0.3) is 0 Å². The van der Waals surface area contributed by atoms with Crippen LogP contribution in [0.1, 0.15) is 54.5 Å². The Morgan fingerprint density at radius 1 is 0.730 bits per heavy atom. The smallest absolute Gasteiger partial charge is 0.254 e. The van der Waals surface area contributed by atoms with Crippen LogP contribution in [0.15, 0.2) is 78.9 Å². The molecule has 5 rings (SSSR count). The molecule has 0 saturated heterocycles. The van der Waals surface area contributed by atoms with Gasteiger partial charge in [-0.3, -0.25) is 14.4 Å². The number of carbonyl (C=O) groups is 2. The molecule has 0 bridgehead atoms. The highest BCUT2D eigenvalue weighted by Crippen LogP contribution is 2.38. The number of hydroxylamine groups is 2. The van der Waals surface area contributed by atoms with Gasteiger partial charge in [0.1, 0.15) is 6.61 Å². The van der Waals surface area contributed by atoms with E-state index >= 15 is 0 Å². The molecule has 2 atom stereocenters. The van der Waals surface area contributed by atoms with Crippen molar-refractivity contribution in [3.63, 3.8) is 0 Å². The lowest BCUT2D eigenvalue weighted by Crippen LogP contribution is -2.46. The minimum Gasteiger partial charge on any atom is -0.376 e. The van der Waals surface area contributed by atoms with E-state index in [0.717, 1.165) is 32.9 Å². The average molecular weight is 500 g/mol. The summed E-state index contributed by atoms with van der Waals surface area (Å²) in [7, 11) is 0. The molecule has 2 heterocycles. The SMILES string of the molecule is CC1(CC(=O)N(OCc2ccccc2)C(=O)CC2(C)COCc3ccccc32)COCc2ccccc21. The number of ether oxygens (including phenoxy) is 2. The molecule has 6 heteroatoms. The van der Waals surface area contributed by atoms with Crippen molar-refractivity contribution in [3.05, 3.63) is 107 Å². The van der Waals surface area contributed by atoms with Gasteiger partial charge in [-0.1, -0.05) is 92.7 Å². The fourth-order valence-corrected chi connectivity index (χ4v) is 5.50. The van der Waals surface area contributed by atoms with Gasteiger partial charge >= 0.3 is 0 Å². The molecule has 0 aliphatic carbocycles. The van der Waals surface area contributed by atoms with Crippen LogP contribution in [0.5, 0.6) is 0 Å². The summed E-state index contributed by atoms with van der Waals surface area (Å²) in [5.74, 6) is -0.755. The molecule has 192 valence electrons. The van der Waals surface area contributed by atoms with Crippen LogP contribution in [0.3, 0.4) is 0 Å². The van der Waals surface area contributed by atoms with E-state index in [-0.39, 0.29) is 31.3 Å². The number of nitrogens with zero attached hydrogens (tertiary/aromatic N) is 1. The van der Waals surface area contributed by atoms with Crippen LogP contribution in [0.4, 0.5) is 0 Å². The maximum absolute atomic E-state index is 13.8. The Hall–Kier alpha value is -3.32. The van der Waals surface area contributed by atoms with Gasteiger partial charge in [-0.25, -0.2) is 0 Å². The fraction of sp³-hybridized carbons (Fsp3) is 0.355. The fourth-order valence-electron chi connectivity index (χ4n) is 5.50. The molecule has 2 unspecified atom stereocenters. The minimum atomic E-state index is -0.564. The number of fused-ring (bicyclic) bond motifs is 2. The molecule has 6 nitrogen and oxygen atoms in total. The lowest BCUT2D eigenvalue weighted by Gasteiger charge is -2.38. The number of benzene rings is 3. The van der Waals surface area contributed by atoms with Crippen molar-refractivity contribution in [1.82, 2.24) is 5.06 Å². The van der Waals surface area contributed by atoms with Crippen molar-refractivity contribution in [1.29, 1.82) is 0 Å². The number of imide groups is 1. The zero-order valence-corrected chi connectivity index (χ0v) is 21.4. The van der Waals surface area contributed by atoms with Gasteiger partial charge in [0.2, 0.25) is 0 Å². The van der Waals surface area contributed by atoms with Crippen molar-refractivity contribution in [2.45, 2.75) is 57.3 Å². The monoisotopic (exact) mass is 499 g/mol. The van der Waals surface area contributed by atoms with E-state index in [4.69, 9.17) is 14.3 Å². The quantitative estimate of drug-likeness (QED) is 0.417. The van der Waals surface area contributed by atoms with Crippen LogP contribution in [0.2, 0.25) is 0 Å². The lowest BCUT2D eigenvalue weighted by atomic mass is 9.75. The van der Waals surface area contributed by atoms with Gasteiger partial charge in [0.25, 0.3) is 11.8 Å². The van der Waals surface area contributed by atoms with E-state index in [0.29, 0.717) is 26.4 Å². The predicted molar refractivity (Wildman–Crippen MR) is 139 cm³/mol. The number of hydrogen-bond acceptors (Lipinski definition) is 5. The van der Waals surface area contributed by atoms with E-state index in [1.54, 1.807) is 0 Å². The summed E-state index contributed by atoms with van der Waals surface area (Å²) in [5, 5.41) is 0.984. The summed E-state index contributed by atoms with van der Waals surface area (Å²) in [6.07, 6.45) is 0.183. The number of carbonyl (C=O) groups excluding carboxylic acids is 2. The van der Waals surface area contributed by atoms with E-state index in [2.05, 4.69) is 0 Å². The Morgan fingerprint density at radius 2 is 1.19 bits per heavy atom. The van der Waals surface area contributed by atoms with Gasteiger partial charge < -0.3 is 9.47 Å². The normalized spacial score (nSPS) is 22.5. The highest BCUT2D eigenvalue weighted by atomic mass is 16.7. The molecule has 0 radical (unpaired) electrons. The molecule has 3 aromatic carbocycles. The molecule has 3 aromatic rings. The third-order valence-corrected chi connectivity index (χ3v) is 7.43. The third kappa shape index (κ3) is 5.37. The Labute approximate surface area is 218 Å². The molecule has 37 heavy (non-hydrogen) atoms. The Balaban J connectivity index is 1.40. The van der Waals surface area contributed by atoms with Crippen molar-refractivity contribution in [2.75, 3.05) is 13.2 Å². The first kappa shape index (κ1) is 25.3. The topological polar surface area (TPSA) is 65.1 Å². The van der Waals surface area contributed by atoms with Crippen molar-refractivity contribution < 1.29 is 23.9 Å². The van der Waals surface area contributed by atoms with Gasteiger partial charge in [0, 0.05) is 23.7 Å². The number of rotatable bonds is 7. The first-order valence-corrected chi connectivity index (χ1v) is 12.7. The molecule has 2 amide bonds. The van der Waals surface area contributed by atoms with Crippen molar-refractivity contribution >= 4 is 11.8 Å². The van der Waals surface area contributed by atoms with Crippen LogP contribution >= 0.6 is 0 Å². The molecule has 0 N–H and O–H groups in total. The van der Waals surface area contributed by atoms with Gasteiger partial charge in [-0.15, -0.1) is 0 Å². The van der Waals surface area contributed by atoms with Gasteiger partial charge in [0.15, 0.2) is 0 Å². The maximum Gasteiger partial charge on any atom is 0.254 e. The van der Waals surface area contributed by atoms with Gasteiger partial charge in [0.05, 0.1) is 26.4 Å². The summed E-state index contributed by atoms with van der Waals surface area (Å²) in [4.78, 5) is 33.5. The van der Waals surface area contributed by atoms with E-state index in [1.165, 1.54) is 0 Å². The Kier molecular flexibility index (Phi) is 7.24. The molecule has 0 aromatic heterocycles. The molecule has 2 aliphatic rings. The molecule has 0 saturated carbocycles. The number of hydrogen-bond donors (Lipinski definition) is 0. The summed E-state index contributed by atoms with van der Waals surface area (Å²) in [5.41, 5.74) is 4.03. The van der Waals surface area contributed by atoms with Crippen molar-refractivity contribution in [3.8, 4) is 0 Å². The van der Waals surface area contributed by atoms with E-state index in [9.17, 15) is 9.59 Å². The molecule has 0 fully saturated rings. The minimum absolute atomic E-state index is 0.0916. The van der Waals surface area contributed by atoms with Crippen LogP contribution in [-0.2, 0) is 54.6 Å². The molecule has 2 aliphatic heterocycles. The molecular formula is C31H33NO5. The second-order valence-corrected chi connectivity index (χ2v) is 10.6. The standard InChI is InChI=1S/C31H33NO5/c1-30(21-35-19-24-12-6-8-14-26(24)30)16-28(33)32(37-18-23-10-4-3-5-11-23)29(34)17-31(2)22-36-20-25-13-7-9-15-27(25)31/h3-15H,16-22H2,1-2H3. The summed E-state index contributed by atoms with van der Waals surface area (Å²) in [6.45, 7) is 5.97. The predicted octanol–water partition coefficient (Wildman–Crippen LogP) is 5.23. The van der Waals surface area contributed by atoms with Crippen LogP contribution < -0.4 is 0 Å². The van der Waals surface area contributed by atoms with E-state index < -0.39 is 10.8 Å². The zero-order valence-electron chi connectivity index (χ0n) is 21.4. The largest absolute Gasteiger partial charge is 0.376 e. The maximum atomic E-state index is 13.8. The van der Waals surface area contributed by atoms with Crippen LogP contribution in [-0.4, -0.2) is 30.1 Å². The average Bonchev–Trinajstić information content (AvgIpc) is 2.90. The summed E-state index contributed by atoms with van der Waals surface area (Å²) >= 11 is 0. The van der Waals surface area contributed by atoms with Gasteiger partial charge in [-0.05, 0) is 27.8 Å². The Morgan fingerprint density at radius 3 is 1.70 bits per heavy atom. The zero-order chi connectivity index (χ0) is 25.9. The second kappa shape index (κ2) is 10.6. The second-order valence-electron chi connectivity index (χ2n) is 10.6. The highest BCUT2D eigenvalue weighted by Gasteiger charge is 2.41. The first-order valence-electron chi connectivity index (χ1n) is 12.7. The van der Waals surface area contributed by atoms with Crippen LogP contribution in [0, 0.1) is 0 Å². The molecular weight excluding hydrogens is 466 g/mol.